The van der Waals surface area contributed by atoms with Crippen molar-refractivity contribution < 1.29 is 4.42 Å². The Hall–Kier alpha value is -7.35. The fourth-order valence-electron chi connectivity index (χ4n) is 7.47. The van der Waals surface area contributed by atoms with E-state index in [4.69, 9.17) is 29.3 Å². The number of furan rings is 1. The van der Waals surface area contributed by atoms with E-state index in [2.05, 4.69) is 109 Å². The normalized spacial score (nSPS) is 11.6. The lowest BCUT2D eigenvalue weighted by atomic mass is 10.0. The maximum Gasteiger partial charge on any atom is 0.164 e. The van der Waals surface area contributed by atoms with E-state index in [9.17, 15) is 0 Å². The Morgan fingerprint density at radius 1 is 0.375 bits per heavy atom. The summed E-state index contributed by atoms with van der Waals surface area (Å²) in [6.45, 7) is 0. The second-order valence-corrected chi connectivity index (χ2v) is 14.7. The van der Waals surface area contributed by atoms with E-state index in [1.54, 1.807) is 11.3 Å². The Balaban J connectivity index is 1.11. The highest BCUT2D eigenvalue weighted by atomic mass is 32.1. The van der Waals surface area contributed by atoms with Crippen LogP contribution < -0.4 is 0 Å². The van der Waals surface area contributed by atoms with E-state index in [1.165, 1.54) is 4.70 Å². The van der Waals surface area contributed by atoms with Gasteiger partial charge in [-0.15, -0.1) is 11.3 Å². The zero-order valence-electron chi connectivity index (χ0n) is 29.8. The lowest BCUT2D eigenvalue weighted by Gasteiger charge is -2.10. The van der Waals surface area contributed by atoms with Crippen molar-refractivity contribution in [3.8, 4) is 67.9 Å². The van der Waals surface area contributed by atoms with E-state index in [0.717, 1.165) is 82.2 Å². The summed E-state index contributed by atoms with van der Waals surface area (Å²) in [5.41, 5.74) is 10.2. The average molecular weight is 736 g/mol. The summed E-state index contributed by atoms with van der Waals surface area (Å²) in [6, 6.07) is 59.8. The number of aromatic nitrogens is 5. The third kappa shape index (κ3) is 5.52. The molecule has 4 heterocycles. The van der Waals surface area contributed by atoms with Gasteiger partial charge in [-0.2, -0.15) is 0 Å². The van der Waals surface area contributed by atoms with Crippen molar-refractivity contribution in [3.05, 3.63) is 176 Å². The van der Waals surface area contributed by atoms with Crippen molar-refractivity contribution in [1.82, 2.24) is 24.9 Å². The predicted molar refractivity (Wildman–Crippen MR) is 228 cm³/mol. The molecule has 0 aliphatic carbocycles. The topological polar surface area (TPSA) is 77.6 Å². The fraction of sp³-hybridized carbons (Fsp3) is 0. The van der Waals surface area contributed by atoms with E-state index in [1.807, 2.05) is 66.7 Å². The molecule has 6 nitrogen and oxygen atoms in total. The monoisotopic (exact) mass is 735 g/mol. The number of benzene rings is 7. The van der Waals surface area contributed by atoms with Crippen molar-refractivity contribution in [2.45, 2.75) is 0 Å². The summed E-state index contributed by atoms with van der Waals surface area (Å²) in [6.07, 6.45) is 0. The highest BCUT2D eigenvalue weighted by Crippen LogP contribution is 2.42. The first kappa shape index (κ1) is 32.1. The summed E-state index contributed by atoms with van der Waals surface area (Å²) in [4.78, 5) is 25.8. The molecule has 0 saturated carbocycles. The quantitative estimate of drug-likeness (QED) is 0.169. The first-order valence-corrected chi connectivity index (χ1v) is 19.2. The number of rotatable bonds is 6. The van der Waals surface area contributed by atoms with Crippen molar-refractivity contribution in [2.24, 2.45) is 0 Å². The first-order valence-electron chi connectivity index (χ1n) is 18.4. The number of thiophene rings is 1. The van der Waals surface area contributed by atoms with Crippen LogP contribution in [0.1, 0.15) is 0 Å². The van der Waals surface area contributed by atoms with Crippen LogP contribution in [0.3, 0.4) is 0 Å². The molecule has 0 aliphatic heterocycles. The molecule has 262 valence electrons. The molecule has 0 unspecified atom stereocenters. The van der Waals surface area contributed by atoms with Crippen LogP contribution >= 0.6 is 11.3 Å². The summed E-state index contributed by atoms with van der Waals surface area (Å²) in [5, 5.41) is 2.99. The van der Waals surface area contributed by atoms with E-state index in [0.29, 0.717) is 23.3 Å². The van der Waals surface area contributed by atoms with Crippen molar-refractivity contribution >= 4 is 53.6 Å². The molecule has 7 heteroatoms. The van der Waals surface area contributed by atoms with Gasteiger partial charge in [-0.1, -0.05) is 140 Å². The van der Waals surface area contributed by atoms with Crippen LogP contribution in [0.2, 0.25) is 0 Å². The highest BCUT2D eigenvalue weighted by molar-refractivity contribution is 7.26. The van der Waals surface area contributed by atoms with Crippen LogP contribution in [0.4, 0.5) is 0 Å². The van der Waals surface area contributed by atoms with Gasteiger partial charge in [0.2, 0.25) is 0 Å². The Kier molecular flexibility index (Phi) is 7.57. The van der Waals surface area contributed by atoms with E-state index in [-0.39, 0.29) is 0 Å². The Morgan fingerprint density at radius 3 is 1.75 bits per heavy atom. The molecule has 0 amide bonds. The molecule has 0 fully saturated rings. The maximum absolute atomic E-state index is 6.50. The third-order valence-corrected chi connectivity index (χ3v) is 11.3. The molecule has 0 N–H and O–H groups in total. The van der Waals surface area contributed by atoms with Gasteiger partial charge >= 0.3 is 0 Å². The van der Waals surface area contributed by atoms with E-state index >= 15 is 0 Å². The zero-order chi connectivity index (χ0) is 37.0. The molecule has 7 aromatic carbocycles. The van der Waals surface area contributed by atoms with Gasteiger partial charge in [-0.25, -0.2) is 24.9 Å². The fourth-order valence-corrected chi connectivity index (χ4v) is 8.63. The average Bonchev–Trinajstić information content (AvgIpc) is 3.85. The van der Waals surface area contributed by atoms with Gasteiger partial charge in [-0.3, -0.25) is 0 Å². The van der Waals surface area contributed by atoms with Crippen LogP contribution in [0, 0.1) is 0 Å². The van der Waals surface area contributed by atoms with E-state index < -0.39 is 0 Å². The number of nitrogens with zero attached hydrogens (tertiary/aromatic N) is 5. The van der Waals surface area contributed by atoms with Crippen molar-refractivity contribution in [3.63, 3.8) is 0 Å². The largest absolute Gasteiger partial charge is 0.456 e. The Bertz CT molecular complexity index is 3250. The molecule has 11 rings (SSSR count). The maximum atomic E-state index is 6.50. The molecule has 0 bridgehead atoms. The second kappa shape index (κ2) is 13.2. The number of hydrogen-bond donors (Lipinski definition) is 0. The highest BCUT2D eigenvalue weighted by Gasteiger charge is 2.21. The molecule has 0 spiro atoms. The second-order valence-electron chi connectivity index (χ2n) is 13.6. The SMILES string of the molecule is c1ccc(-c2cccc(-c3nc(-c4ccccc4)nc(-c4ccc5oc6cccc(-c7nc(-c8ccccc8)c8sc9ccccc9c8n7)c6c5c4)n3)c2)cc1. The van der Waals surface area contributed by atoms with Gasteiger partial charge in [-0.05, 0) is 47.5 Å². The number of hydrogen-bond acceptors (Lipinski definition) is 7. The minimum absolute atomic E-state index is 0.571. The summed E-state index contributed by atoms with van der Waals surface area (Å²) >= 11 is 1.73. The molecular formula is C49H29N5OS. The summed E-state index contributed by atoms with van der Waals surface area (Å²) in [7, 11) is 0. The molecule has 0 aliphatic rings. The molecular weight excluding hydrogens is 707 g/mol. The van der Waals surface area contributed by atoms with Gasteiger partial charge in [0.25, 0.3) is 0 Å². The van der Waals surface area contributed by atoms with Crippen molar-refractivity contribution in [2.75, 3.05) is 0 Å². The molecule has 0 atom stereocenters. The Morgan fingerprint density at radius 2 is 0.982 bits per heavy atom. The van der Waals surface area contributed by atoms with Crippen LogP contribution in [0.15, 0.2) is 180 Å². The molecule has 56 heavy (non-hydrogen) atoms. The van der Waals surface area contributed by atoms with Crippen LogP contribution in [0.25, 0.3) is 110 Å². The van der Waals surface area contributed by atoms with Gasteiger partial charge in [0, 0.05) is 48.7 Å². The standard InChI is InChI=1S/C49H29N5OS/c1-4-14-30(15-5-1)33-20-12-21-34(28-33)47-52-46(32-18-8-3-9-19-32)53-48(54-47)35-26-27-39-38(29-35)42-37(23-13-24-40(42)55-39)49-50-43(31-16-6-2-7-17-31)45-44(51-49)36-22-10-11-25-41(36)56-45/h1-29H. The summed E-state index contributed by atoms with van der Waals surface area (Å²) < 4.78 is 8.75. The summed E-state index contributed by atoms with van der Waals surface area (Å²) in [5.74, 6) is 2.42. The smallest absolute Gasteiger partial charge is 0.164 e. The Labute approximate surface area is 325 Å². The minimum Gasteiger partial charge on any atom is -0.456 e. The van der Waals surface area contributed by atoms with Crippen LogP contribution in [0.5, 0.6) is 0 Å². The van der Waals surface area contributed by atoms with Gasteiger partial charge in [0.05, 0.1) is 15.9 Å². The predicted octanol–water partition coefficient (Wildman–Crippen LogP) is 12.9. The zero-order valence-corrected chi connectivity index (χ0v) is 30.6. The third-order valence-electron chi connectivity index (χ3n) is 10.2. The number of fused-ring (bicyclic) bond motifs is 6. The van der Waals surface area contributed by atoms with Gasteiger partial charge < -0.3 is 4.42 Å². The molecule has 4 aromatic heterocycles. The van der Waals surface area contributed by atoms with Crippen LogP contribution in [-0.4, -0.2) is 24.9 Å². The lowest BCUT2D eigenvalue weighted by Crippen LogP contribution is -2.00. The van der Waals surface area contributed by atoms with Gasteiger partial charge in [0.1, 0.15) is 11.2 Å². The molecule has 11 aromatic rings. The molecule has 0 radical (unpaired) electrons. The van der Waals surface area contributed by atoms with Gasteiger partial charge in [0.15, 0.2) is 23.3 Å². The van der Waals surface area contributed by atoms with Crippen molar-refractivity contribution in [1.29, 1.82) is 0 Å². The van der Waals surface area contributed by atoms with Crippen LogP contribution in [-0.2, 0) is 0 Å². The first-order chi connectivity index (χ1) is 27.7. The lowest BCUT2D eigenvalue weighted by molar-refractivity contribution is 0.669. The molecule has 0 saturated heterocycles. The minimum atomic E-state index is 0.571.